The Hall–Kier alpha value is -2.57. The van der Waals surface area contributed by atoms with Crippen LogP contribution in [0.5, 0.6) is 0 Å². The largest absolute Gasteiger partial charge is 0.472 e. The van der Waals surface area contributed by atoms with Crippen LogP contribution in [0, 0.1) is 11.8 Å². The van der Waals surface area contributed by atoms with Crippen LogP contribution < -0.4 is 0 Å². The Morgan fingerprint density at radius 3 is 2.53 bits per heavy atom. The Labute approximate surface area is 196 Å². The first-order valence-electron chi connectivity index (χ1n) is 11.0. The molecule has 0 radical (unpaired) electrons. The Bertz CT molecular complexity index is 927. The highest BCUT2D eigenvalue weighted by molar-refractivity contribution is 5.87. The van der Waals surface area contributed by atoms with Crippen molar-refractivity contribution in [3.05, 3.63) is 66.0 Å². The zero-order valence-electron chi connectivity index (χ0n) is 18.2. The van der Waals surface area contributed by atoms with Crippen LogP contribution in [0.4, 0.5) is 0 Å². The number of rotatable bonds is 7. The summed E-state index contributed by atoms with van der Waals surface area (Å²) in [5, 5.41) is 50.1. The summed E-state index contributed by atoms with van der Waals surface area (Å²) in [4.78, 5) is 12.2. The van der Waals surface area contributed by atoms with Crippen molar-refractivity contribution >= 4 is 12.0 Å². The van der Waals surface area contributed by atoms with E-state index in [1.807, 2.05) is 30.3 Å². The summed E-state index contributed by atoms with van der Waals surface area (Å²) in [6.07, 6.45) is -1.72. The van der Waals surface area contributed by atoms with E-state index in [-0.39, 0.29) is 6.61 Å². The number of hydrogen-bond acceptors (Lipinski definition) is 10. The van der Waals surface area contributed by atoms with Crippen molar-refractivity contribution in [2.45, 2.75) is 43.1 Å². The van der Waals surface area contributed by atoms with E-state index in [9.17, 15) is 30.3 Å². The highest BCUT2D eigenvalue weighted by Gasteiger charge is 2.49. The van der Waals surface area contributed by atoms with Gasteiger partial charge < -0.3 is 44.5 Å². The number of carbonyl (C=O) groups excluding carboxylic acids is 1. The van der Waals surface area contributed by atoms with Gasteiger partial charge >= 0.3 is 5.97 Å². The summed E-state index contributed by atoms with van der Waals surface area (Å²) < 4.78 is 22.1. The summed E-state index contributed by atoms with van der Waals surface area (Å²) in [6.45, 7) is -0.722. The molecule has 5 N–H and O–H groups in total. The van der Waals surface area contributed by atoms with E-state index in [0.29, 0.717) is 5.57 Å². The van der Waals surface area contributed by atoms with Crippen LogP contribution in [0.1, 0.15) is 5.56 Å². The van der Waals surface area contributed by atoms with Crippen molar-refractivity contribution in [1.29, 1.82) is 0 Å². The van der Waals surface area contributed by atoms with Gasteiger partial charge in [-0.05, 0) is 23.3 Å². The average molecular weight is 476 g/mol. The SMILES string of the molecule is O=C(/C=C/c1ccccc1)OCC1=C[C@@H](O)[C@@H]2C=CO[C@@H](O[C@@H]3O[C@H](CO)[C@@H](O)[C@H](O)[C@H]3O)[C@H]12. The summed E-state index contributed by atoms with van der Waals surface area (Å²) >= 11 is 0. The third-order valence-corrected chi connectivity index (χ3v) is 6.14. The number of hydrogen-bond donors (Lipinski definition) is 5. The molecule has 0 unspecified atom stereocenters. The van der Waals surface area contributed by atoms with E-state index in [0.717, 1.165) is 5.56 Å². The number of esters is 1. The maximum Gasteiger partial charge on any atom is 0.331 e. The van der Waals surface area contributed by atoms with E-state index < -0.39 is 67.5 Å². The predicted octanol–water partition coefficient (Wildman–Crippen LogP) is -0.537. The number of aliphatic hydroxyl groups excluding tert-OH is 5. The minimum atomic E-state index is -1.61. The van der Waals surface area contributed by atoms with Gasteiger partial charge in [-0.15, -0.1) is 0 Å². The monoisotopic (exact) mass is 476 g/mol. The molecule has 10 heteroatoms. The second-order valence-electron chi connectivity index (χ2n) is 8.35. The zero-order chi connectivity index (χ0) is 24.2. The van der Waals surface area contributed by atoms with Crippen LogP contribution in [-0.2, 0) is 23.7 Å². The number of carbonyl (C=O) groups is 1. The standard InChI is InChI=1S/C24H28O10/c25-11-17-20(28)21(29)22(30)24(33-17)34-23-19-14(10-16(26)15(19)8-9-31-23)12-32-18(27)7-6-13-4-2-1-3-5-13/h1-10,15-17,19-26,28-30H,11-12H2/b7-6+/t15-,16+,17+,19+,20+,21-,22+,23-,24-/m0/s1. The van der Waals surface area contributed by atoms with Gasteiger partial charge in [-0.1, -0.05) is 36.4 Å². The number of aliphatic hydroxyl groups is 5. The number of benzene rings is 1. The molecular formula is C24H28O10. The van der Waals surface area contributed by atoms with Crippen molar-refractivity contribution in [1.82, 2.24) is 0 Å². The third kappa shape index (κ3) is 5.23. The Morgan fingerprint density at radius 2 is 1.79 bits per heavy atom. The molecule has 34 heavy (non-hydrogen) atoms. The lowest BCUT2D eigenvalue weighted by atomic mass is 9.88. The fraction of sp³-hybridized carbons (Fsp3) is 0.458. The number of fused-ring (bicyclic) bond motifs is 1. The highest BCUT2D eigenvalue weighted by atomic mass is 16.8. The van der Waals surface area contributed by atoms with Crippen molar-refractivity contribution in [2.24, 2.45) is 11.8 Å². The Balaban J connectivity index is 1.41. The van der Waals surface area contributed by atoms with Crippen LogP contribution >= 0.6 is 0 Å². The molecule has 0 aromatic heterocycles. The lowest BCUT2D eigenvalue weighted by Gasteiger charge is -2.42. The first-order chi connectivity index (χ1) is 16.4. The molecule has 1 aromatic rings. The molecule has 0 saturated carbocycles. The smallest absolute Gasteiger partial charge is 0.331 e. The molecule has 2 heterocycles. The van der Waals surface area contributed by atoms with Gasteiger partial charge in [0, 0.05) is 12.0 Å². The van der Waals surface area contributed by atoms with E-state index in [2.05, 4.69) is 0 Å². The molecular weight excluding hydrogens is 448 g/mol. The van der Waals surface area contributed by atoms with Crippen molar-refractivity contribution in [3.63, 3.8) is 0 Å². The minimum Gasteiger partial charge on any atom is -0.472 e. The summed E-state index contributed by atoms with van der Waals surface area (Å²) in [6, 6.07) is 9.26. The van der Waals surface area contributed by atoms with Crippen LogP contribution in [0.2, 0.25) is 0 Å². The highest BCUT2D eigenvalue weighted by Crippen LogP contribution is 2.41. The van der Waals surface area contributed by atoms with Gasteiger partial charge in [-0.2, -0.15) is 0 Å². The first-order valence-corrected chi connectivity index (χ1v) is 11.0. The molecule has 1 aliphatic carbocycles. The lowest BCUT2D eigenvalue weighted by Crippen LogP contribution is -2.60. The summed E-state index contributed by atoms with van der Waals surface area (Å²) in [5.41, 5.74) is 1.40. The molecule has 3 aliphatic rings. The van der Waals surface area contributed by atoms with Crippen molar-refractivity contribution in [2.75, 3.05) is 13.2 Å². The lowest BCUT2D eigenvalue weighted by molar-refractivity contribution is -0.339. The van der Waals surface area contributed by atoms with Gasteiger partial charge in [-0.25, -0.2) is 4.79 Å². The molecule has 2 aliphatic heterocycles. The van der Waals surface area contributed by atoms with E-state index in [1.54, 1.807) is 18.2 Å². The molecule has 4 rings (SSSR count). The average Bonchev–Trinajstić information content (AvgIpc) is 3.18. The Kier molecular flexibility index (Phi) is 7.79. The topological polar surface area (TPSA) is 155 Å². The quantitative estimate of drug-likeness (QED) is 0.197. The molecule has 1 aromatic carbocycles. The third-order valence-electron chi connectivity index (χ3n) is 6.14. The maximum atomic E-state index is 12.2. The van der Waals surface area contributed by atoms with Gasteiger partial charge in [0.25, 0.3) is 0 Å². The zero-order valence-corrected chi connectivity index (χ0v) is 18.2. The summed E-state index contributed by atoms with van der Waals surface area (Å²) in [5.74, 6) is -1.57. The second kappa shape index (κ2) is 10.8. The van der Waals surface area contributed by atoms with Crippen LogP contribution in [0.25, 0.3) is 6.08 Å². The molecule has 1 fully saturated rings. The predicted molar refractivity (Wildman–Crippen MR) is 116 cm³/mol. The number of ether oxygens (including phenoxy) is 4. The maximum absolute atomic E-state index is 12.2. The Morgan fingerprint density at radius 1 is 1.03 bits per heavy atom. The van der Waals surface area contributed by atoms with Gasteiger partial charge in [0.1, 0.15) is 31.0 Å². The van der Waals surface area contributed by atoms with Crippen molar-refractivity contribution < 1.29 is 49.3 Å². The van der Waals surface area contributed by atoms with E-state index in [1.165, 1.54) is 12.3 Å². The van der Waals surface area contributed by atoms with Gasteiger partial charge in [-0.3, -0.25) is 0 Å². The normalized spacial score (nSPS) is 37.2. The van der Waals surface area contributed by atoms with E-state index in [4.69, 9.17) is 18.9 Å². The molecule has 10 nitrogen and oxygen atoms in total. The molecule has 184 valence electrons. The van der Waals surface area contributed by atoms with Crippen LogP contribution in [0.15, 0.2) is 60.4 Å². The van der Waals surface area contributed by atoms with Gasteiger partial charge in [0.05, 0.1) is 24.9 Å². The summed E-state index contributed by atoms with van der Waals surface area (Å²) in [7, 11) is 0. The molecule has 0 amide bonds. The van der Waals surface area contributed by atoms with Crippen LogP contribution in [0.3, 0.4) is 0 Å². The van der Waals surface area contributed by atoms with Gasteiger partial charge in [0.15, 0.2) is 6.29 Å². The molecule has 1 saturated heterocycles. The van der Waals surface area contributed by atoms with Gasteiger partial charge in [0.2, 0.25) is 6.29 Å². The first kappa shape index (κ1) is 24.6. The van der Waals surface area contributed by atoms with Crippen LogP contribution in [-0.4, -0.2) is 87.8 Å². The second-order valence-corrected chi connectivity index (χ2v) is 8.35. The minimum absolute atomic E-state index is 0.123. The fourth-order valence-electron chi connectivity index (χ4n) is 4.29. The fourth-order valence-corrected chi connectivity index (χ4v) is 4.29. The van der Waals surface area contributed by atoms with Crippen molar-refractivity contribution in [3.8, 4) is 0 Å². The molecule has 0 bridgehead atoms. The molecule has 0 spiro atoms. The van der Waals surface area contributed by atoms with E-state index >= 15 is 0 Å². The molecule has 9 atom stereocenters.